The first kappa shape index (κ1) is 21.2. The second-order valence-electron chi connectivity index (χ2n) is 6.44. The van der Waals surface area contributed by atoms with E-state index in [-0.39, 0.29) is 5.15 Å². The van der Waals surface area contributed by atoms with Crippen LogP contribution in [0.4, 0.5) is 17.3 Å². The van der Waals surface area contributed by atoms with Crippen molar-refractivity contribution in [2.24, 2.45) is 0 Å². The molecular weight excluding hydrogens is 414 g/mol. The number of nitrogens with one attached hydrogen (secondary N) is 2. The summed E-state index contributed by atoms with van der Waals surface area (Å²) < 4.78 is 24.4. The topological polar surface area (TPSA) is 119 Å². The van der Waals surface area contributed by atoms with E-state index in [1.165, 1.54) is 4.31 Å². The van der Waals surface area contributed by atoms with Gasteiger partial charge in [-0.1, -0.05) is 22.6 Å². The third kappa shape index (κ3) is 4.92. The molecule has 0 radical (unpaired) electrons. The van der Waals surface area contributed by atoms with Gasteiger partial charge in [0, 0.05) is 38.2 Å². The van der Waals surface area contributed by atoms with E-state index in [0.717, 1.165) is 16.7 Å². The molecule has 4 N–H and O–H groups in total. The van der Waals surface area contributed by atoms with Gasteiger partial charge >= 0.3 is 0 Å². The first-order chi connectivity index (χ1) is 13.7. The zero-order chi connectivity index (χ0) is 21.2. The van der Waals surface area contributed by atoms with Gasteiger partial charge in [-0.25, -0.2) is 19.9 Å². The molecule has 154 valence electrons. The van der Waals surface area contributed by atoms with Crippen molar-refractivity contribution in [2.75, 3.05) is 24.1 Å². The highest BCUT2D eigenvalue weighted by Gasteiger charge is 2.20. The lowest BCUT2D eigenvalue weighted by Crippen LogP contribution is -2.25. The fourth-order valence-corrected chi connectivity index (χ4v) is 3.53. The van der Waals surface area contributed by atoms with Crippen LogP contribution >= 0.6 is 22.6 Å². The molecule has 0 unspecified atom stereocenters. The van der Waals surface area contributed by atoms with Crippen LogP contribution in [-0.2, 0) is 0 Å². The fourth-order valence-electron chi connectivity index (χ4n) is 2.53. The molecule has 11 heteroatoms. The predicted octanol–water partition coefficient (Wildman–Crippen LogP) is 4.50. The van der Waals surface area contributed by atoms with E-state index in [4.69, 9.17) is 11.6 Å². The van der Waals surface area contributed by atoms with Crippen molar-refractivity contribution in [1.29, 1.82) is 0 Å². The lowest BCUT2D eigenvalue weighted by atomic mass is 10.0. The standard InChI is InChI=1S/C18H22ClN7O2S/c1-11-14(10-22-18(19)17(11)25-29(27,28)26(3)4)13-5-7-21-16(9-13)24-15-6-8-20-12(2)23-15/h5-10,25,27-28H,1-4H3,(H,20,21,23,24). The van der Waals surface area contributed by atoms with E-state index >= 15 is 0 Å². The minimum atomic E-state index is -3.23. The normalized spacial score (nSPS) is 12.1. The molecule has 0 amide bonds. The molecule has 29 heavy (non-hydrogen) atoms. The van der Waals surface area contributed by atoms with Gasteiger partial charge in [0.25, 0.3) is 0 Å². The van der Waals surface area contributed by atoms with Gasteiger partial charge in [-0.3, -0.25) is 13.8 Å². The Hall–Kier alpha value is -2.50. The van der Waals surface area contributed by atoms with Gasteiger partial charge in [0.2, 0.25) is 0 Å². The maximum atomic E-state index is 10.2. The maximum Gasteiger partial charge on any atom is 0.154 e. The molecule has 0 bridgehead atoms. The van der Waals surface area contributed by atoms with Gasteiger partial charge in [0.05, 0.1) is 5.69 Å². The smallest absolute Gasteiger partial charge is 0.154 e. The van der Waals surface area contributed by atoms with Crippen LogP contribution in [0, 0.1) is 13.8 Å². The Balaban J connectivity index is 1.96. The van der Waals surface area contributed by atoms with Crippen molar-refractivity contribution in [3.8, 4) is 11.1 Å². The highest BCUT2D eigenvalue weighted by atomic mass is 35.5. The third-order valence-electron chi connectivity index (χ3n) is 4.14. The van der Waals surface area contributed by atoms with E-state index < -0.39 is 11.0 Å². The summed E-state index contributed by atoms with van der Waals surface area (Å²) in [4.78, 5) is 16.9. The summed E-state index contributed by atoms with van der Waals surface area (Å²) in [6.07, 6.45) is 4.97. The summed E-state index contributed by atoms with van der Waals surface area (Å²) in [7, 11) is -0.120. The predicted molar refractivity (Wildman–Crippen MR) is 117 cm³/mol. The van der Waals surface area contributed by atoms with Crippen molar-refractivity contribution in [3.63, 3.8) is 0 Å². The van der Waals surface area contributed by atoms with Gasteiger partial charge in [0.1, 0.15) is 17.5 Å². The van der Waals surface area contributed by atoms with Crippen LogP contribution < -0.4 is 10.0 Å². The molecule has 0 spiro atoms. The molecule has 3 aromatic rings. The van der Waals surface area contributed by atoms with Crippen LogP contribution in [0.2, 0.25) is 5.15 Å². The summed E-state index contributed by atoms with van der Waals surface area (Å²) in [5.74, 6) is 1.89. The van der Waals surface area contributed by atoms with E-state index in [9.17, 15) is 9.11 Å². The molecule has 0 aliphatic heterocycles. The average molecular weight is 436 g/mol. The first-order valence-corrected chi connectivity index (χ1v) is 10.5. The largest absolute Gasteiger partial charge is 0.325 e. The van der Waals surface area contributed by atoms with E-state index in [1.807, 2.05) is 26.0 Å². The van der Waals surface area contributed by atoms with E-state index in [2.05, 4.69) is 30.0 Å². The van der Waals surface area contributed by atoms with Gasteiger partial charge in [-0.15, -0.1) is 0 Å². The van der Waals surface area contributed by atoms with E-state index in [0.29, 0.717) is 23.1 Å². The van der Waals surface area contributed by atoms with E-state index in [1.54, 1.807) is 38.8 Å². The number of aromatic nitrogens is 4. The summed E-state index contributed by atoms with van der Waals surface area (Å²) in [6, 6.07) is 5.44. The zero-order valence-corrected chi connectivity index (χ0v) is 18.0. The molecule has 0 saturated carbocycles. The number of rotatable bonds is 6. The Morgan fingerprint density at radius 2 is 1.76 bits per heavy atom. The minimum Gasteiger partial charge on any atom is -0.325 e. The Morgan fingerprint density at radius 1 is 1.03 bits per heavy atom. The van der Waals surface area contributed by atoms with Crippen molar-refractivity contribution < 1.29 is 9.11 Å². The van der Waals surface area contributed by atoms with Crippen molar-refractivity contribution >= 4 is 39.9 Å². The lowest BCUT2D eigenvalue weighted by molar-refractivity contribution is 0.421. The number of aryl methyl sites for hydroxylation is 1. The molecule has 0 aliphatic carbocycles. The van der Waals surface area contributed by atoms with Crippen molar-refractivity contribution in [1.82, 2.24) is 24.2 Å². The molecule has 0 saturated heterocycles. The molecule has 0 fully saturated rings. The number of halogens is 1. The Kier molecular flexibility index (Phi) is 6.20. The Bertz CT molecular complexity index is 1030. The fraction of sp³-hybridized carbons (Fsp3) is 0.222. The molecule has 0 atom stereocenters. The third-order valence-corrected chi connectivity index (χ3v) is 5.93. The van der Waals surface area contributed by atoms with Crippen LogP contribution in [0.1, 0.15) is 11.4 Å². The summed E-state index contributed by atoms with van der Waals surface area (Å²) >= 11 is 6.21. The number of hydrogen-bond donors (Lipinski definition) is 4. The van der Waals surface area contributed by atoms with Crippen LogP contribution in [0.25, 0.3) is 11.1 Å². The molecular formula is C18H22ClN7O2S. The Labute approximate surface area is 175 Å². The minimum absolute atomic E-state index is 0.150. The first-order valence-electron chi connectivity index (χ1n) is 8.59. The van der Waals surface area contributed by atoms with Gasteiger partial charge < -0.3 is 5.32 Å². The highest BCUT2D eigenvalue weighted by molar-refractivity contribution is 8.23. The van der Waals surface area contributed by atoms with Gasteiger partial charge in [-0.05, 0) is 43.2 Å². The van der Waals surface area contributed by atoms with Crippen molar-refractivity contribution in [3.05, 3.63) is 53.3 Å². The van der Waals surface area contributed by atoms with Crippen molar-refractivity contribution in [2.45, 2.75) is 13.8 Å². The quantitative estimate of drug-likeness (QED) is 0.414. The lowest BCUT2D eigenvalue weighted by Gasteiger charge is -2.39. The molecule has 3 heterocycles. The average Bonchev–Trinajstić information content (AvgIpc) is 2.65. The number of hydrogen-bond acceptors (Lipinski definition) is 9. The summed E-state index contributed by atoms with van der Waals surface area (Å²) in [5.41, 5.74) is 2.69. The summed E-state index contributed by atoms with van der Waals surface area (Å²) in [5, 5.41) is 3.30. The molecule has 9 nitrogen and oxygen atoms in total. The maximum absolute atomic E-state index is 10.2. The monoisotopic (exact) mass is 435 g/mol. The van der Waals surface area contributed by atoms with Gasteiger partial charge in [-0.2, -0.15) is 4.31 Å². The molecule has 3 aromatic heterocycles. The van der Waals surface area contributed by atoms with Crippen LogP contribution in [-0.4, -0.2) is 47.4 Å². The Morgan fingerprint density at radius 3 is 2.45 bits per heavy atom. The zero-order valence-electron chi connectivity index (χ0n) is 16.4. The van der Waals surface area contributed by atoms with Crippen LogP contribution in [0.15, 0.2) is 36.8 Å². The highest BCUT2D eigenvalue weighted by Crippen LogP contribution is 2.44. The second kappa shape index (κ2) is 8.47. The number of pyridine rings is 2. The summed E-state index contributed by atoms with van der Waals surface area (Å²) in [6.45, 7) is 3.64. The second-order valence-corrected chi connectivity index (χ2v) is 8.77. The molecule has 0 aromatic carbocycles. The number of anilines is 3. The van der Waals surface area contributed by atoms with Gasteiger partial charge in [0.15, 0.2) is 5.15 Å². The molecule has 3 rings (SSSR count). The number of nitrogens with zero attached hydrogens (tertiary/aromatic N) is 5. The molecule has 0 aliphatic rings. The van der Waals surface area contributed by atoms with Crippen LogP contribution in [0.5, 0.6) is 0 Å². The van der Waals surface area contributed by atoms with Crippen LogP contribution in [0.3, 0.4) is 0 Å². The SMILES string of the molecule is Cc1nccc(Nc2cc(-c3cnc(Cl)c(NS(O)(O)N(C)C)c3C)ccn2)n1.